The number of nitrogens with zero attached hydrogens (tertiary/aromatic N) is 7. The lowest BCUT2D eigenvalue weighted by atomic mass is 9.42. The number of primary amides is 1. The lowest BCUT2D eigenvalue weighted by molar-refractivity contribution is -0.237. The van der Waals surface area contributed by atoms with E-state index in [2.05, 4.69) is 77.0 Å². The zero-order valence-electron chi connectivity index (χ0n) is 34.1. The van der Waals surface area contributed by atoms with Crippen LogP contribution in [0.25, 0.3) is 5.65 Å². The maximum Gasteiger partial charge on any atom is 0.329 e. The SMILES string of the molecule is COc1cc(OC2(c3cc(C(N)=O)ccc3N3CCC(CN4CCN(c5ccn6c(N7CCC(=O)NC7=O)cnc6c5)CC4)CC3)C(C)(C)CC2(C)C)ccc1C#N. The van der Waals surface area contributed by atoms with E-state index in [1.807, 2.05) is 28.8 Å². The molecule has 58 heavy (non-hydrogen) atoms. The van der Waals surface area contributed by atoms with Gasteiger partial charge in [-0.3, -0.25) is 29.1 Å². The predicted octanol–water partition coefficient (Wildman–Crippen LogP) is 5.53. The van der Waals surface area contributed by atoms with Crippen LogP contribution in [0.3, 0.4) is 0 Å². The first-order chi connectivity index (χ1) is 27.7. The van der Waals surface area contributed by atoms with Crippen LogP contribution >= 0.6 is 0 Å². The highest BCUT2D eigenvalue weighted by molar-refractivity contribution is 6.05. The highest BCUT2D eigenvalue weighted by Gasteiger charge is 2.69. The van der Waals surface area contributed by atoms with Crippen LogP contribution in [0.5, 0.6) is 11.5 Å². The number of fused-ring (bicyclic) bond motifs is 1. The van der Waals surface area contributed by atoms with E-state index in [1.54, 1.807) is 30.3 Å². The van der Waals surface area contributed by atoms with E-state index in [0.717, 1.165) is 87.7 Å². The summed E-state index contributed by atoms with van der Waals surface area (Å²) in [6, 6.07) is 17.1. The van der Waals surface area contributed by atoms with Crippen molar-refractivity contribution in [2.75, 3.05) is 74.2 Å². The van der Waals surface area contributed by atoms with Crippen molar-refractivity contribution >= 4 is 40.7 Å². The average Bonchev–Trinajstić information content (AvgIpc) is 3.62. The fourth-order valence-electron chi connectivity index (χ4n) is 10.5. The smallest absolute Gasteiger partial charge is 0.329 e. The zero-order chi connectivity index (χ0) is 41.0. The molecule has 4 fully saturated rings. The van der Waals surface area contributed by atoms with Crippen LogP contribution in [-0.2, 0) is 10.4 Å². The van der Waals surface area contributed by atoms with Gasteiger partial charge in [0.05, 0.1) is 18.9 Å². The molecule has 0 atom stereocenters. The van der Waals surface area contributed by atoms with Crippen LogP contribution in [0.2, 0.25) is 0 Å². The molecular weight excluding hydrogens is 735 g/mol. The van der Waals surface area contributed by atoms with Gasteiger partial charge in [-0.1, -0.05) is 27.7 Å². The van der Waals surface area contributed by atoms with Crippen molar-refractivity contribution in [1.82, 2.24) is 19.6 Å². The number of nitrogens with two attached hydrogens (primary N) is 1. The number of ether oxygens (including phenoxy) is 2. The van der Waals surface area contributed by atoms with E-state index in [-0.39, 0.29) is 23.2 Å². The Kier molecular flexibility index (Phi) is 9.99. The average molecular weight is 788 g/mol. The monoisotopic (exact) mass is 787 g/mol. The topological polar surface area (TPSA) is 162 Å². The zero-order valence-corrected chi connectivity index (χ0v) is 34.1. The quantitative estimate of drug-likeness (QED) is 0.209. The molecule has 4 aliphatic rings. The number of methoxy groups -OCH3 is 1. The molecule has 0 unspecified atom stereocenters. The van der Waals surface area contributed by atoms with Gasteiger partial charge in [-0.15, -0.1) is 0 Å². The van der Waals surface area contributed by atoms with Crippen LogP contribution in [0.15, 0.2) is 60.9 Å². The molecule has 14 heteroatoms. The number of amides is 4. The number of urea groups is 1. The first-order valence-corrected chi connectivity index (χ1v) is 20.3. The Labute approximate surface area is 339 Å². The summed E-state index contributed by atoms with van der Waals surface area (Å²) in [7, 11) is 1.55. The summed E-state index contributed by atoms with van der Waals surface area (Å²) >= 11 is 0. The number of anilines is 3. The van der Waals surface area contributed by atoms with Crippen molar-refractivity contribution in [3.8, 4) is 17.6 Å². The first kappa shape index (κ1) is 39.0. The van der Waals surface area contributed by atoms with Crippen LogP contribution in [0.1, 0.15) is 74.9 Å². The molecule has 3 aliphatic heterocycles. The number of nitriles is 1. The second-order valence-corrected chi connectivity index (χ2v) is 17.5. The lowest BCUT2D eigenvalue weighted by Crippen LogP contribution is -2.67. The number of pyridine rings is 1. The number of piperidine rings is 1. The maximum atomic E-state index is 12.7. The minimum Gasteiger partial charge on any atom is -0.495 e. The fraction of sp³-hybridized carbons (Fsp3) is 0.477. The Morgan fingerprint density at radius 3 is 2.34 bits per heavy atom. The summed E-state index contributed by atoms with van der Waals surface area (Å²) in [6.07, 6.45) is 6.91. The predicted molar refractivity (Wildman–Crippen MR) is 221 cm³/mol. The highest BCUT2D eigenvalue weighted by atomic mass is 16.5. The van der Waals surface area contributed by atoms with E-state index >= 15 is 0 Å². The number of benzene rings is 2. The summed E-state index contributed by atoms with van der Waals surface area (Å²) in [6.45, 7) is 15.8. The molecule has 0 spiro atoms. The van der Waals surface area contributed by atoms with E-state index < -0.39 is 17.5 Å². The second kappa shape index (κ2) is 14.8. The minimum absolute atomic E-state index is 0.259. The standard InChI is InChI=1S/C44H53N9O5/c1-42(2)28-43(3,4)44(42,58-33-8-6-31(25-45)36(24-33)57-5)34-22-30(40(46)55)7-9-35(34)51-14-10-29(11-15-51)27-49-18-20-50(21-19-49)32-12-16-52-37(23-32)47-26-39(52)53-17-13-38(54)48-41(53)56/h6-9,12,16,22-24,26,29H,10-11,13-15,17-21,27-28H2,1-5H3,(H2,46,55)(H,48,54,56). The van der Waals surface area contributed by atoms with Gasteiger partial charge in [0.2, 0.25) is 11.8 Å². The maximum absolute atomic E-state index is 12.7. The number of carbonyl (C=O) groups is 3. The van der Waals surface area contributed by atoms with Crippen molar-refractivity contribution in [1.29, 1.82) is 5.26 Å². The van der Waals surface area contributed by atoms with Crippen molar-refractivity contribution in [2.45, 2.75) is 59.0 Å². The van der Waals surface area contributed by atoms with Gasteiger partial charge in [-0.25, -0.2) is 9.78 Å². The van der Waals surface area contributed by atoms with E-state index in [9.17, 15) is 19.6 Å². The Balaban J connectivity index is 0.943. The Morgan fingerprint density at radius 1 is 0.948 bits per heavy atom. The molecule has 14 nitrogen and oxygen atoms in total. The Bertz CT molecular complexity index is 2280. The van der Waals surface area contributed by atoms with Gasteiger partial charge in [0, 0.05) is 110 Å². The number of hydrogen-bond donors (Lipinski definition) is 2. The normalized spacial score (nSPS) is 20.7. The van der Waals surface area contributed by atoms with Crippen molar-refractivity contribution in [2.24, 2.45) is 22.5 Å². The molecule has 4 aromatic rings. The minimum atomic E-state index is -0.813. The van der Waals surface area contributed by atoms with Gasteiger partial charge in [0.15, 0.2) is 0 Å². The molecular formula is C44H53N9O5. The summed E-state index contributed by atoms with van der Waals surface area (Å²) in [4.78, 5) is 50.3. The number of nitrogens with one attached hydrogen (secondary N) is 1. The van der Waals surface area contributed by atoms with Crippen LogP contribution in [-0.4, -0.2) is 91.6 Å². The Hall–Kier alpha value is -5.81. The fourth-order valence-corrected chi connectivity index (χ4v) is 10.5. The van der Waals surface area contributed by atoms with Crippen LogP contribution < -0.4 is 35.2 Å². The molecule has 8 rings (SSSR count). The Morgan fingerprint density at radius 2 is 1.69 bits per heavy atom. The van der Waals surface area contributed by atoms with Crippen molar-refractivity contribution in [3.63, 3.8) is 0 Å². The molecule has 3 N–H and O–H groups in total. The second-order valence-electron chi connectivity index (χ2n) is 17.5. The van der Waals surface area contributed by atoms with E-state index in [4.69, 9.17) is 15.2 Å². The number of imide groups is 1. The van der Waals surface area contributed by atoms with Gasteiger partial charge in [-0.05, 0) is 61.6 Å². The van der Waals surface area contributed by atoms with Gasteiger partial charge in [-0.2, -0.15) is 5.26 Å². The summed E-state index contributed by atoms with van der Waals surface area (Å²) < 4.78 is 14.6. The first-order valence-electron chi connectivity index (χ1n) is 20.3. The van der Waals surface area contributed by atoms with Crippen molar-refractivity contribution in [3.05, 3.63) is 77.6 Å². The number of imidazole rings is 1. The molecule has 1 saturated carbocycles. The summed E-state index contributed by atoms with van der Waals surface area (Å²) in [5.74, 6) is 1.53. The van der Waals surface area contributed by atoms with Gasteiger partial charge in [0.1, 0.15) is 34.6 Å². The van der Waals surface area contributed by atoms with Gasteiger partial charge in [0.25, 0.3) is 0 Å². The van der Waals surface area contributed by atoms with Crippen molar-refractivity contribution < 1.29 is 23.9 Å². The molecule has 2 aromatic carbocycles. The number of carbonyl (C=O) groups excluding carboxylic acids is 3. The summed E-state index contributed by atoms with van der Waals surface area (Å²) in [5.41, 5.74) is 9.26. The van der Waals surface area contributed by atoms with E-state index in [1.165, 1.54) is 0 Å². The third-order valence-electron chi connectivity index (χ3n) is 13.0. The molecule has 5 heterocycles. The summed E-state index contributed by atoms with van der Waals surface area (Å²) in [5, 5.41) is 12.0. The number of hydrogen-bond acceptors (Lipinski definition) is 10. The molecule has 0 radical (unpaired) electrons. The van der Waals surface area contributed by atoms with Gasteiger partial charge < -0.3 is 25.0 Å². The van der Waals surface area contributed by atoms with Crippen LogP contribution in [0.4, 0.5) is 22.0 Å². The largest absolute Gasteiger partial charge is 0.495 e. The highest BCUT2D eigenvalue weighted by Crippen LogP contribution is 2.70. The van der Waals surface area contributed by atoms with Crippen LogP contribution in [0, 0.1) is 28.1 Å². The third kappa shape index (κ3) is 6.74. The number of rotatable bonds is 10. The molecule has 4 amide bonds. The third-order valence-corrected chi connectivity index (χ3v) is 13.0. The number of piperazine rings is 1. The molecule has 2 aromatic heterocycles. The molecule has 0 bridgehead atoms. The van der Waals surface area contributed by atoms with Gasteiger partial charge >= 0.3 is 6.03 Å². The molecule has 3 saturated heterocycles. The molecule has 304 valence electrons. The number of aromatic nitrogens is 2. The van der Waals surface area contributed by atoms with E-state index in [0.29, 0.717) is 40.9 Å². The lowest BCUT2D eigenvalue weighted by Gasteiger charge is -2.67. The molecule has 1 aliphatic carbocycles.